The summed E-state index contributed by atoms with van der Waals surface area (Å²) in [5.41, 5.74) is 1.78. The summed E-state index contributed by atoms with van der Waals surface area (Å²) in [4.78, 5) is 9.30. The van der Waals surface area contributed by atoms with Crippen molar-refractivity contribution in [1.82, 2.24) is 19.9 Å². The number of nitrogens with one attached hydrogen (secondary N) is 1. The molecule has 0 radical (unpaired) electrons. The zero-order chi connectivity index (χ0) is 17.2. The number of benzene rings is 1. The van der Waals surface area contributed by atoms with E-state index in [0.29, 0.717) is 6.61 Å². The summed E-state index contributed by atoms with van der Waals surface area (Å²) in [6.45, 7) is 3.63. The maximum absolute atomic E-state index is 9.34. The summed E-state index contributed by atoms with van der Waals surface area (Å²) in [5, 5.41) is 13.7. The monoisotopic (exact) mass is 338 g/mol. The zero-order valence-corrected chi connectivity index (χ0v) is 14.2. The van der Waals surface area contributed by atoms with Gasteiger partial charge in [-0.2, -0.15) is 0 Å². The minimum absolute atomic E-state index is 0.154. The molecule has 2 aromatic heterocycles. The second-order valence-corrected chi connectivity index (χ2v) is 6.32. The van der Waals surface area contributed by atoms with E-state index >= 15 is 0 Å². The van der Waals surface area contributed by atoms with Crippen molar-refractivity contribution in [3.8, 4) is 17.3 Å². The molecule has 1 aliphatic rings. The molecule has 2 atom stereocenters. The van der Waals surface area contributed by atoms with Gasteiger partial charge in [0, 0.05) is 36.4 Å². The third-order valence-corrected chi connectivity index (χ3v) is 4.68. The molecule has 4 rings (SSSR count). The Bertz CT molecular complexity index is 877. The van der Waals surface area contributed by atoms with Crippen molar-refractivity contribution in [3.63, 3.8) is 0 Å². The van der Waals surface area contributed by atoms with Crippen LogP contribution in [0.3, 0.4) is 0 Å². The molecule has 130 valence electrons. The van der Waals surface area contributed by atoms with Crippen LogP contribution in [-0.4, -0.2) is 45.4 Å². The van der Waals surface area contributed by atoms with Gasteiger partial charge in [0.05, 0.1) is 18.7 Å². The molecule has 0 spiro atoms. The summed E-state index contributed by atoms with van der Waals surface area (Å²) >= 11 is 0. The minimum atomic E-state index is 0.154. The lowest BCUT2D eigenvalue weighted by Crippen LogP contribution is -2.24. The molecule has 6 nitrogen and oxygen atoms in total. The highest BCUT2D eigenvalue weighted by Crippen LogP contribution is 2.27. The predicted molar refractivity (Wildman–Crippen MR) is 96.7 cm³/mol. The van der Waals surface area contributed by atoms with E-state index in [9.17, 15) is 5.11 Å². The lowest BCUT2D eigenvalue weighted by Gasteiger charge is -2.14. The molecule has 1 aromatic carbocycles. The van der Waals surface area contributed by atoms with Crippen molar-refractivity contribution < 1.29 is 9.84 Å². The van der Waals surface area contributed by atoms with Crippen LogP contribution in [0.4, 0.5) is 0 Å². The number of hydrogen-bond acceptors (Lipinski definition) is 5. The van der Waals surface area contributed by atoms with E-state index in [1.165, 1.54) is 0 Å². The molecule has 0 bridgehead atoms. The molecular weight excluding hydrogens is 316 g/mol. The van der Waals surface area contributed by atoms with Crippen molar-refractivity contribution >= 4 is 10.9 Å². The molecule has 0 saturated carbocycles. The van der Waals surface area contributed by atoms with Crippen LogP contribution in [0.5, 0.6) is 5.75 Å². The molecule has 3 aromatic rings. The van der Waals surface area contributed by atoms with Crippen LogP contribution in [0.15, 0.2) is 42.7 Å². The smallest absolute Gasteiger partial charge is 0.158 e. The van der Waals surface area contributed by atoms with Crippen LogP contribution in [0.25, 0.3) is 22.4 Å². The first-order valence-electron chi connectivity index (χ1n) is 8.69. The number of ether oxygens (including phenoxy) is 1. The Labute approximate surface area is 146 Å². The first-order valence-corrected chi connectivity index (χ1v) is 8.69. The van der Waals surface area contributed by atoms with Crippen LogP contribution in [0, 0.1) is 0 Å². The Balaban J connectivity index is 1.66. The van der Waals surface area contributed by atoms with Gasteiger partial charge >= 0.3 is 0 Å². The number of aromatic nitrogens is 3. The molecule has 2 N–H and O–H groups in total. The van der Waals surface area contributed by atoms with Gasteiger partial charge in [0.25, 0.3) is 0 Å². The lowest BCUT2D eigenvalue weighted by atomic mass is 10.1. The maximum atomic E-state index is 9.34. The van der Waals surface area contributed by atoms with Gasteiger partial charge in [-0.25, -0.2) is 9.97 Å². The number of hydrogen-bond donors (Lipinski definition) is 2. The second kappa shape index (κ2) is 6.82. The third kappa shape index (κ3) is 3.10. The van der Waals surface area contributed by atoms with Gasteiger partial charge in [-0.3, -0.25) is 0 Å². The molecule has 25 heavy (non-hydrogen) atoms. The van der Waals surface area contributed by atoms with E-state index in [2.05, 4.69) is 20.9 Å². The van der Waals surface area contributed by atoms with Gasteiger partial charge in [-0.05, 0) is 37.6 Å². The largest absolute Gasteiger partial charge is 0.494 e. The van der Waals surface area contributed by atoms with Crippen LogP contribution >= 0.6 is 0 Å². The average Bonchev–Trinajstić information content (AvgIpc) is 3.30. The van der Waals surface area contributed by atoms with Crippen molar-refractivity contribution in [3.05, 3.63) is 42.7 Å². The summed E-state index contributed by atoms with van der Waals surface area (Å²) in [6, 6.07) is 10.4. The first kappa shape index (κ1) is 16.1. The number of fused-ring (bicyclic) bond motifs is 1. The average molecular weight is 338 g/mol. The number of aliphatic hydroxyl groups is 1. The fourth-order valence-corrected chi connectivity index (χ4v) is 3.44. The number of imidazole rings is 1. The van der Waals surface area contributed by atoms with E-state index in [1.807, 2.05) is 43.6 Å². The zero-order valence-electron chi connectivity index (χ0n) is 14.2. The molecule has 0 aliphatic carbocycles. The van der Waals surface area contributed by atoms with Gasteiger partial charge < -0.3 is 19.7 Å². The Morgan fingerprint density at radius 2 is 2.24 bits per heavy atom. The number of pyridine rings is 1. The summed E-state index contributed by atoms with van der Waals surface area (Å²) < 4.78 is 7.71. The van der Waals surface area contributed by atoms with E-state index in [-0.39, 0.29) is 18.7 Å². The quantitative estimate of drug-likeness (QED) is 0.747. The maximum Gasteiger partial charge on any atom is 0.158 e. The molecular formula is C19H22N4O2. The number of aliphatic hydroxyl groups excluding tert-OH is 1. The topological polar surface area (TPSA) is 72.2 Å². The second-order valence-electron chi connectivity index (χ2n) is 6.32. The Hall–Kier alpha value is -2.44. The first-order chi connectivity index (χ1) is 12.3. The summed E-state index contributed by atoms with van der Waals surface area (Å²) in [5.74, 6) is 1.72. The Morgan fingerprint density at radius 1 is 1.32 bits per heavy atom. The Morgan fingerprint density at radius 3 is 3.04 bits per heavy atom. The number of nitrogens with zero attached hydrogens (tertiary/aromatic N) is 3. The van der Waals surface area contributed by atoms with Gasteiger partial charge in [-0.1, -0.05) is 6.07 Å². The molecule has 6 heteroatoms. The molecule has 1 fully saturated rings. The van der Waals surface area contributed by atoms with E-state index < -0.39 is 0 Å². The van der Waals surface area contributed by atoms with Crippen molar-refractivity contribution in [2.45, 2.75) is 25.4 Å². The van der Waals surface area contributed by atoms with Gasteiger partial charge in [-0.15, -0.1) is 0 Å². The van der Waals surface area contributed by atoms with Gasteiger partial charge in [0.1, 0.15) is 11.4 Å². The van der Waals surface area contributed by atoms with Crippen LogP contribution < -0.4 is 10.1 Å². The highest BCUT2D eigenvalue weighted by Gasteiger charge is 2.26. The SMILES string of the molecule is CCOc1ccc2nc(-c3nccn3[C@@H]3CN[C@@H](CO)C3)ccc2c1. The van der Waals surface area contributed by atoms with Crippen LogP contribution in [-0.2, 0) is 0 Å². The Kier molecular flexibility index (Phi) is 4.38. The van der Waals surface area contributed by atoms with E-state index in [1.54, 1.807) is 0 Å². The highest BCUT2D eigenvalue weighted by atomic mass is 16.5. The van der Waals surface area contributed by atoms with Crippen molar-refractivity contribution in [2.24, 2.45) is 0 Å². The molecule has 3 heterocycles. The van der Waals surface area contributed by atoms with Crippen molar-refractivity contribution in [2.75, 3.05) is 19.8 Å². The minimum Gasteiger partial charge on any atom is -0.494 e. The molecule has 1 saturated heterocycles. The van der Waals surface area contributed by atoms with Gasteiger partial charge in [0.2, 0.25) is 0 Å². The van der Waals surface area contributed by atoms with Crippen molar-refractivity contribution in [1.29, 1.82) is 0 Å². The van der Waals surface area contributed by atoms with Gasteiger partial charge in [0.15, 0.2) is 5.82 Å². The summed E-state index contributed by atoms with van der Waals surface area (Å²) in [6.07, 6.45) is 4.70. The fraction of sp³-hybridized carbons (Fsp3) is 0.368. The number of rotatable bonds is 5. The fourth-order valence-electron chi connectivity index (χ4n) is 3.44. The predicted octanol–water partition coefficient (Wildman–Crippen LogP) is 2.39. The molecule has 1 aliphatic heterocycles. The molecule has 0 unspecified atom stereocenters. The van der Waals surface area contributed by atoms with Crippen LogP contribution in [0.2, 0.25) is 0 Å². The molecule has 0 amide bonds. The normalized spacial score (nSPS) is 20.2. The highest BCUT2D eigenvalue weighted by molar-refractivity contribution is 5.82. The van der Waals surface area contributed by atoms with E-state index in [0.717, 1.165) is 41.1 Å². The summed E-state index contributed by atoms with van der Waals surface area (Å²) in [7, 11) is 0. The van der Waals surface area contributed by atoms with E-state index in [4.69, 9.17) is 9.72 Å². The van der Waals surface area contributed by atoms with Crippen LogP contribution in [0.1, 0.15) is 19.4 Å². The lowest BCUT2D eigenvalue weighted by molar-refractivity contribution is 0.253. The standard InChI is InChI=1S/C19H22N4O2/c1-2-25-16-4-6-17-13(9-16)3-5-18(22-17)19-20-7-8-23(19)15-10-14(12-24)21-11-15/h3-9,14-15,21,24H,2,10-12H2,1H3/t14-,15+/m1/s1. The third-order valence-electron chi connectivity index (χ3n) is 4.68.